The van der Waals surface area contributed by atoms with Gasteiger partial charge in [0, 0.05) is 54.1 Å². The summed E-state index contributed by atoms with van der Waals surface area (Å²) in [6.07, 6.45) is 0. The molecule has 0 saturated heterocycles. The Hall–Kier alpha value is -6.56. The molecule has 0 aliphatic carbocycles. The molecule has 5 heteroatoms. The molecule has 7 aromatic carbocycles. The molecule has 0 radical (unpaired) electrons. The molecule has 0 N–H and O–H groups in total. The van der Waals surface area contributed by atoms with Gasteiger partial charge in [0.25, 0.3) is 0 Å². The van der Waals surface area contributed by atoms with Crippen LogP contribution >= 0.6 is 11.3 Å². The first-order valence-corrected chi connectivity index (χ1v) is 18.0. The van der Waals surface area contributed by atoms with E-state index in [-0.39, 0.29) is 0 Å². The largest absolute Gasteiger partial charge is 0.309 e. The molecule has 4 nitrogen and oxygen atoms in total. The van der Waals surface area contributed by atoms with E-state index in [1.54, 1.807) is 11.3 Å². The minimum atomic E-state index is 0.724. The van der Waals surface area contributed by atoms with E-state index in [4.69, 9.17) is 9.97 Å². The van der Waals surface area contributed by atoms with E-state index in [2.05, 4.69) is 179 Å². The number of fused-ring (bicyclic) bond motifs is 9. The molecule has 11 rings (SSSR count). The predicted molar refractivity (Wildman–Crippen MR) is 214 cm³/mol. The zero-order valence-corrected chi connectivity index (χ0v) is 28.2. The molecule has 4 heterocycles. The lowest BCUT2D eigenvalue weighted by molar-refractivity contribution is 1.17. The smallest absolute Gasteiger partial charge is 0.160 e. The fraction of sp³-hybridized carbons (Fsp3) is 0. The summed E-state index contributed by atoms with van der Waals surface area (Å²) in [4.78, 5) is 10.6. The van der Waals surface area contributed by atoms with Crippen LogP contribution in [0.3, 0.4) is 0 Å². The Labute approximate surface area is 297 Å². The Bertz CT molecular complexity index is 3080. The summed E-state index contributed by atoms with van der Waals surface area (Å²) < 4.78 is 7.02. The number of nitrogens with zero attached hydrogens (tertiary/aromatic N) is 4. The zero-order valence-electron chi connectivity index (χ0n) is 27.4. The van der Waals surface area contributed by atoms with Gasteiger partial charge in [-0.3, -0.25) is 0 Å². The second-order valence-corrected chi connectivity index (χ2v) is 14.1. The Morgan fingerprint density at radius 3 is 1.57 bits per heavy atom. The van der Waals surface area contributed by atoms with E-state index in [0.29, 0.717) is 0 Å². The van der Waals surface area contributed by atoms with Crippen molar-refractivity contribution in [3.8, 4) is 34.0 Å². The van der Waals surface area contributed by atoms with E-state index in [9.17, 15) is 0 Å². The fourth-order valence-corrected chi connectivity index (χ4v) is 9.01. The summed E-state index contributed by atoms with van der Waals surface area (Å²) >= 11 is 1.77. The highest BCUT2D eigenvalue weighted by molar-refractivity contribution is 7.26. The lowest BCUT2D eigenvalue weighted by Crippen LogP contribution is -1.96. The Kier molecular flexibility index (Phi) is 6.09. The van der Waals surface area contributed by atoms with Crippen molar-refractivity contribution < 1.29 is 0 Å². The van der Waals surface area contributed by atoms with Gasteiger partial charge in [-0.25, -0.2) is 9.97 Å². The van der Waals surface area contributed by atoms with Gasteiger partial charge in [-0.05, 0) is 72.8 Å². The van der Waals surface area contributed by atoms with Gasteiger partial charge in [0.2, 0.25) is 0 Å². The van der Waals surface area contributed by atoms with Crippen LogP contribution in [-0.2, 0) is 0 Å². The van der Waals surface area contributed by atoms with E-state index in [1.807, 2.05) is 0 Å². The van der Waals surface area contributed by atoms with Gasteiger partial charge >= 0.3 is 0 Å². The van der Waals surface area contributed by atoms with Crippen molar-refractivity contribution in [2.75, 3.05) is 0 Å². The van der Waals surface area contributed by atoms with Gasteiger partial charge < -0.3 is 9.13 Å². The van der Waals surface area contributed by atoms with Crippen LogP contribution in [0.5, 0.6) is 0 Å². The SMILES string of the molecule is c1ccc(-n2c3ccccc3c3cc(-c4nc(-c5ccc(-n6c7ccccc7c7ccccc76)cc5)nc5c4sc4ccccc45)ccc32)cc1. The van der Waals surface area contributed by atoms with Gasteiger partial charge in [-0.15, -0.1) is 11.3 Å². The summed E-state index contributed by atoms with van der Waals surface area (Å²) in [5.41, 5.74) is 11.0. The van der Waals surface area contributed by atoms with Crippen LogP contribution in [0.1, 0.15) is 0 Å². The number of para-hydroxylation sites is 4. The maximum atomic E-state index is 5.37. The van der Waals surface area contributed by atoms with Gasteiger partial charge in [-0.2, -0.15) is 0 Å². The first kappa shape index (κ1) is 28.3. The number of hydrogen-bond donors (Lipinski definition) is 0. The third-order valence-corrected chi connectivity index (χ3v) is 11.3. The standard InChI is InChI=1S/C46H28N4S/c1-2-12-31(13-3-1)49-40-20-10-6-16-35(40)37-28-30(24-27-41(37)49)43-45-44(36-17-7-11-21-42(36)51-45)48-46(47-43)29-22-25-32(26-23-29)50-38-18-8-4-14-33(38)34-15-5-9-19-39(34)50/h1-28H. The molecule has 0 atom stereocenters. The van der Waals surface area contributed by atoms with Gasteiger partial charge in [0.15, 0.2) is 5.82 Å². The van der Waals surface area contributed by atoms with Crippen LogP contribution in [0.25, 0.3) is 97.9 Å². The Balaban J connectivity index is 1.11. The van der Waals surface area contributed by atoms with E-state index in [0.717, 1.165) is 49.6 Å². The molecular weight excluding hydrogens is 641 g/mol. The van der Waals surface area contributed by atoms with Crippen molar-refractivity contribution in [2.24, 2.45) is 0 Å². The maximum absolute atomic E-state index is 5.37. The van der Waals surface area contributed by atoms with Crippen LogP contribution in [0.15, 0.2) is 170 Å². The lowest BCUT2D eigenvalue weighted by atomic mass is 10.1. The topological polar surface area (TPSA) is 35.6 Å². The van der Waals surface area contributed by atoms with E-state index >= 15 is 0 Å². The molecule has 0 amide bonds. The molecular formula is C46H28N4S. The summed E-state index contributed by atoms with van der Waals surface area (Å²) in [7, 11) is 0. The number of benzene rings is 7. The van der Waals surface area contributed by atoms with Crippen LogP contribution < -0.4 is 0 Å². The summed E-state index contributed by atoms with van der Waals surface area (Å²) in [6.45, 7) is 0. The van der Waals surface area contributed by atoms with E-state index < -0.39 is 0 Å². The quantitative estimate of drug-likeness (QED) is 0.187. The molecule has 238 valence electrons. The zero-order chi connectivity index (χ0) is 33.5. The Morgan fingerprint density at radius 1 is 0.392 bits per heavy atom. The summed E-state index contributed by atoms with van der Waals surface area (Å²) in [6, 6.07) is 60.6. The predicted octanol–water partition coefficient (Wildman–Crippen LogP) is 12.4. The van der Waals surface area contributed by atoms with Crippen molar-refractivity contribution in [1.29, 1.82) is 0 Å². The second kappa shape index (κ2) is 11.0. The van der Waals surface area contributed by atoms with Gasteiger partial charge in [0.1, 0.15) is 0 Å². The van der Waals surface area contributed by atoms with Crippen molar-refractivity contribution in [1.82, 2.24) is 19.1 Å². The molecule has 11 aromatic rings. The number of thiophene rings is 1. The highest BCUT2D eigenvalue weighted by atomic mass is 32.1. The van der Waals surface area contributed by atoms with Crippen molar-refractivity contribution in [2.45, 2.75) is 0 Å². The summed E-state index contributed by atoms with van der Waals surface area (Å²) in [5.74, 6) is 0.724. The molecule has 4 aromatic heterocycles. The van der Waals surface area contributed by atoms with Gasteiger partial charge in [0.05, 0.1) is 38.0 Å². The fourth-order valence-electron chi connectivity index (χ4n) is 7.85. The third-order valence-electron chi connectivity index (χ3n) is 10.1. The number of hydrogen-bond acceptors (Lipinski definition) is 3. The minimum absolute atomic E-state index is 0.724. The Morgan fingerprint density at radius 2 is 0.902 bits per heavy atom. The molecule has 0 fully saturated rings. The molecule has 0 unspecified atom stereocenters. The molecule has 0 aliphatic heterocycles. The average molecular weight is 669 g/mol. The normalized spacial score (nSPS) is 11.9. The van der Waals surface area contributed by atoms with Gasteiger partial charge in [-0.1, -0.05) is 97.1 Å². The lowest BCUT2D eigenvalue weighted by Gasteiger charge is -2.11. The maximum Gasteiger partial charge on any atom is 0.160 e. The minimum Gasteiger partial charge on any atom is -0.309 e. The molecule has 0 saturated carbocycles. The monoisotopic (exact) mass is 668 g/mol. The van der Waals surface area contributed by atoms with Crippen molar-refractivity contribution >= 4 is 75.3 Å². The number of rotatable bonds is 4. The molecule has 0 spiro atoms. The first-order chi connectivity index (χ1) is 25.3. The van der Waals surface area contributed by atoms with Crippen molar-refractivity contribution in [3.63, 3.8) is 0 Å². The second-order valence-electron chi connectivity index (χ2n) is 13.0. The average Bonchev–Trinajstić information content (AvgIpc) is 3.86. The molecule has 0 bridgehead atoms. The summed E-state index contributed by atoms with van der Waals surface area (Å²) in [5, 5.41) is 6.09. The van der Waals surface area contributed by atoms with Crippen LogP contribution in [0.4, 0.5) is 0 Å². The highest BCUT2D eigenvalue weighted by Gasteiger charge is 2.19. The first-order valence-electron chi connectivity index (χ1n) is 17.2. The number of aromatic nitrogens is 4. The van der Waals surface area contributed by atoms with Crippen LogP contribution in [-0.4, -0.2) is 19.1 Å². The van der Waals surface area contributed by atoms with Crippen LogP contribution in [0, 0.1) is 0 Å². The molecule has 0 aliphatic rings. The third kappa shape index (κ3) is 4.25. The van der Waals surface area contributed by atoms with E-state index in [1.165, 1.54) is 48.3 Å². The molecule has 51 heavy (non-hydrogen) atoms. The highest BCUT2D eigenvalue weighted by Crippen LogP contribution is 2.42. The van der Waals surface area contributed by atoms with Crippen LogP contribution in [0.2, 0.25) is 0 Å². The van der Waals surface area contributed by atoms with Crippen molar-refractivity contribution in [3.05, 3.63) is 170 Å².